The third-order valence-corrected chi connectivity index (χ3v) is 6.43. The molecule has 3 heterocycles. The van der Waals surface area contributed by atoms with Crippen LogP contribution in [0.25, 0.3) is 5.69 Å². The molecule has 6 nitrogen and oxygen atoms in total. The van der Waals surface area contributed by atoms with Crippen molar-refractivity contribution in [1.29, 1.82) is 0 Å². The molecule has 0 spiro atoms. The summed E-state index contributed by atoms with van der Waals surface area (Å²) in [6.45, 7) is 5.49. The molecule has 148 valence electrons. The number of nitrogens with one attached hydrogen (secondary N) is 1. The second-order valence-electron chi connectivity index (χ2n) is 7.77. The summed E-state index contributed by atoms with van der Waals surface area (Å²) in [4.78, 5) is 27.2. The smallest absolute Gasteiger partial charge is 0.315 e. The van der Waals surface area contributed by atoms with Crippen LogP contribution in [0.2, 0.25) is 5.02 Å². The molecule has 8 heteroatoms. The molecule has 2 aliphatic rings. The maximum atomic E-state index is 12.8. The number of hydrogen-bond donors (Lipinski definition) is 1. The van der Waals surface area contributed by atoms with Gasteiger partial charge in [0.25, 0.3) is 0 Å². The van der Waals surface area contributed by atoms with Gasteiger partial charge in [-0.1, -0.05) is 25.4 Å². The van der Waals surface area contributed by atoms with E-state index in [0.29, 0.717) is 35.8 Å². The van der Waals surface area contributed by atoms with E-state index < -0.39 is 11.8 Å². The lowest BCUT2D eigenvalue weighted by atomic mass is 9.92. The van der Waals surface area contributed by atoms with Crippen molar-refractivity contribution in [3.8, 4) is 5.69 Å². The topological polar surface area (TPSA) is 67.2 Å². The number of likely N-dealkylation sites (tertiary alicyclic amines) is 1. The van der Waals surface area contributed by atoms with Crippen molar-refractivity contribution in [3.63, 3.8) is 0 Å². The zero-order chi connectivity index (χ0) is 19.8. The van der Waals surface area contributed by atoms with E-state index >= 15 is 0 Å². The van der Waals surface area contributed by atoms with Crippen molar-refractivity contribution in [1.82, 2.24) is 14.7 Å². The minimum Gasteiger partial charge on any atom is -0.334 e. The first-order valence-corrected chi connectivity index (χ1v) is 11.0. The van der Waals surface area contributed by atoms with Crippen LogP contribution in [0.15, 0.2) is 24.3 Å². The highest BCUT2D eigenvalue weighted by atomic mass is 35.5. The van der Waals surface area contributed by atoms with E-state index in [1.54, 1.807) is 33.5 Å². The molecule has 1 aromatic carbocycles. The second-order valence-corrected chi connectivity index (χ2v) is 9.19. The van der Waals surface area contributed by atoms with Gasteiger partial charge >= 0.3 is 11.8 Å². The lowest BCUT2D eigenvalue weighted by Crippen LogP contribution is -2.47. The van der Waals surface area contributed by atoms with Crippen molar-refractivity contribution in [2.45, 2.75) is 31.8 Å². The summed E-state index contributed by atoms with van der Waals surface area (Å²) >= 11 is 7.75. The maximum absolute atomic E-state index is 12.8. The lowest BCUT2D eigenvalue weighted by molar-refractivity contribution is -0.145. The molecule has 28 heavy (non-hydrogen) atoms. The zero-order valence-electron chi connectivity index (χ0n) is 15.9. The molecule has 4 rings (SSSR count). The Labute approximate surface area is 173 Å². The maximum Gasteiger partial charge on any atom is 0.315 e. The summed E-state index contributed by atoms with van der Waals surface area (Å²) in [5.41, 5.74) is 2.73. The van der Waals surface area contributed by atoms with Crippen LogP contribution < -0.4 is 5.32 Å². The van der Waals surface area contributed by atoms with E-state index in [1.807, 2.05) is 12.1 Å². The zero-order valence-corrected chi connectivity index (χ0v) is 17.5. The van der Waals surface area contributed by atoms with Gasteiger partial charge in [-0.3, -0.25) is 9.59 Å². The van der Waals surface area contributed by atoms with E-state index in [1.165, 1.54) is 0 Å². The minimum absolute atomic E-state index is 0.403. The Hall–Kier alpha value is -1.99. The van der Waals surface area contributed by atoms with Crippen LogP contribution in [0.1, 0.15) is 31.5 Å². The third-order valence-electron chi connectivity index (χ3n) is 5.21. The van der Waals surface area contributed by atoms with Crippen LogP contribution in [0, 0.1) is 11.8 Å². The largest absolute Gasteiger partial charge is 0.334 e. The van der Waals surface area contributed by atoms with Gasteiger partial charge in [0.2, 0.25) is 0 Å². The number of rotatable bonds is 2. The number of piperidine rings is 1. The quantitative estimate of drug-likeness (QED) is 0.755. The van der Waals surface area contributed by atoms with Crippen molar-refractivity contribution in [3.05, 3.63) is 40.5 Å². The third kappa shape index (κ3) is 3.78. The molecular formula is C20H23ClN4O2S. The Morgan fingerprint density at radius 3 is 2.50 bits per heavy atom. The number of thioether (sulfide) groups is 1. The Kier molecular flexibility index (Phi) is 5.38. The molecule has 2 amide bonds. The van der Waals surface area contributed by atoms with Gasteiger partial charge in [-0.05, 0) is 42.5 Å². The summed E-state index contributed by atoms with van der Waals surface area (Å²) in [5, 5.41) is 8.14. The monoisotopic (exact) mass is 418 g/mol. The SMILES string of the molecule is C[C@H]1C[C@H](C)CN(C(=O)C(=O)Nc2c3c(nn2-c2ccc(Cl)cc2)CSC3)C1. The molecule has 2 atom stereocenters. The normalized spacial score (nSPS) is 21.5. The number of halogens is 1. The molecule has 0 bridgehead atoms. The fourth-order valence-corrected chi connectivity index (χ4v) is 5.20. The summed E-state index contributed by atoms with van der Waals surface area (Å²) in [5.74, 6) is 1.89. The number of anilines is 1. The van der Waals surface area contributed by atoms with Gasteiger partial charge in [0.15, 0.2) is 0 Å². The van der Waals surface area contributed by atoms with Gasteiger partial charge in [-0.15, -0.1) is 0 Å². The Morgan fingerprint density at radius 1 is 1.14 bits per heavy atom. The molecule has 1 N–H and O–H groups in total. The van der Waals surface area contributed by atoms with Gasteiger partial charge < -0.3 is 10.2 Å². The molecule has 1 saturated heterocycles. The van der Waals surface area contributed by atoms with Crippen molar-refractivity contribution < 1.29 is 9.59 Å². The molecule has 0 saturated carbocycles. The van der Waals surface area contributed by atoms with Gasteiger partial charge in [-0.2, -0.15) is 16.9 Å². The van der Waals surface area contributed by atoms with Crippen LogP contribution in [-0.4, -0.2) is 39.6 Å². The molecule has 0 aliphatic carbocycles. The van der Waals surface area contributed by atoms with E-state index in [2.05, 4.69) is 24.3 Å². The Balaban J connectivity index is 1.59. The van der Waals surface area contributed by atoms with Crippen LogP contribution in [0.4, 0.5) is 5.82 Å². The summed E-state index contributed by atoms with van der Waals surface area (Å²) in [6.07, 6.45) is 1.08. The number of amides is 2. The van der Waals surface area contributed by atoms with Crippen molar-refractivity contribution in [2.75, 3.05) is 18.4 Å². The fraction of sp³-hybridized carbons (Fsp3) is 0.450. The van der Waals surface area contributed by atoms with Crippen LogP contribution >= 0.6 is 23.4 Å². The molecule has 1 aromatic heterocycles. The highest BCUT2D eigenvalue weighted by molar-refractivity contribution is 7.98. The van der Waals surface area contributed by atoms with Crippen LogP contribution in [0.3, 0.4) is 0 Å². The molecule has 1 fully saturated rings. The van der Waals surface area contributed by atoms with E-state index in [4.69, 9.17) is 11.6 Å². The molecular weight excluding hydrogens is 396 g/mol. The van der Waals surface area contributed by atoms with Gasteiger partial charge in [0.05, 0.1) is 11.4 Å². The number of benzene rings is 1. The highest BCUT2D eigenvalue weighted by Gasteiger charge is 2.31. The molecule has 0 radical (unpaired) electrons. The fourth-order valence-electron chi connectivity index (χ4n) is 4.04. The number of hydrogen-bond acceptors (Lipinski definition) is 4. The number of nitrogens with zero attached hydrogens (tertiary/aromatic N) is 3. The van der Waals surface area contributed by atoms with E-state index in [9.17, 15) is 9.59 Å². The van der Waals surface area contributed by atoms with Gasteiger partial charge in [0.1, 0.15) is 5.82 Å². The van der Waals surface area contributed by atoms with E-state index in [0.717, 1.165) is 34.9 Å². The predicted octanol–water partition coefficient (Wildman–Crippen LogP) is 3.72. The van der Waals surface area contributed by atoms with Crippen molar-refractivity contribution in [2.24, 2.45) is 11.8 Å². The standard InChI is InChI=1S/C20H23ClN4O2S/c1-12-7-13(2)9-24(8-12)20(27)19(26)22-18-16-10-28-11-17(16)23-25(18)15-5-3-14(21)4-6-15/h3-6,12-13H,7-11H2,1-2H3,(H,22,26)/t12-,13-/m0/s1. The van der Waals surface area contributed by atoms with Crippen molar-refractivity contribution >= 4 is 41.0 Å². The molecule has 2 aliphatic heterocycles. The second kappa shape index (κ2) is 7.79. The summed E-state index contributed by atoms with van der Waals surface area (Å²) in [6, 6.07) is 7.27. The first-order chi connectivity index (χ1) is 13.4. The number of carbonyl (C=O) groups excluding carboxylic acids is 2. The molecule has 2 aromatic rings. The molecule has 0 unspecified atom stereocenters. The predicted molar refractivity (Wildman–Crippen MR) is 112 cm³/mol. The summed E-state index contributed by atoms with van der Waals surface area (Å²) < 4.78 is 1.70. The van der Waals surface area contributed by atoms with Gasteiger partial charge in [0, 0.05) is 35.2 Å². The average molecular weight is 419 g/mol. The first kappa shape index (κ1) is 19.3. The number of carbonyl (C=O) groups is 2. The van der Waals surface area contributed by atoms with Gasteiger partial charge in [-0.25, -0.2) is 4.68 Å². The average Bonchev–Trinajstić information content (AvgIpc) is 3.23. The van der Waals surface area contributed by atoms with E-state index in [-0.39, 0.29) is 0 Å². The van der Waals surface area contributed by atoms with Crippen LogP contribution in [0.5, 0.6) is 0 Å². The van der Waals surface area contributed by atoms with Crippen LogP contribution in [-0.2, 0) is 21.1 Å². The number of fused-ring (bicyclic) bond motifs is 1. The Morgan fingerprint density at radius 2 is 1.82 bits per heavy atom. The highest BCUT2D eigenvalue weighted by Crippen LogP contribution is 2.36. The summed E-state index contributed by atoms with van der Waals surface area (Å²) in [7, 11) is 0. The Bertz CT molecular complexity index is 902. The minimum atomic E-state index is -0.601. The first-order valence-electron chi connectivity index (χ1n) is 9.47. The number of aromatic nitrogens is 2. The lowest BCUT2D eigenvalue weighted by Gasteiger charge is -2.34.